The van der Waals surface area contributed by atoms with Crippen molar-refractivity contribution in [1.82, 2.24) is 0 Å². The molecule has 2 aromatic rings. The Labute approximate surface area is 155 Å². The zero-order valence-corrected chi connectivity index (χ0v) is 16.4. The first kappa shape index (κ1) is 19.8. The van der Waals surface area contributed by atoms with E-state index >= 15 is 0 Å². The zero-order valence-electron chi connectivity index (χ0n) is 16.4. The molecule has 0 bridgehead atoms. The van der Waals surface area contributed by atoms with Gasteiger partial charge in [-0.2, -0.15) is 0 Å². The molecule has 0 spiro atoms. The molecule has 0 unspecified atom stereocenters. The first-order chi connectivity index (χ1) is 12.3. The molecule has 25 heavy (non-hydrogen) atoms. The Balaban J connectivity index is 2.12. The highest BCUT2D eigenvalue weighted by Crippen LogP contribution is 2.23. The van der Waals surface area contributed by atoms with Crippen LogP contribution in [0.3, 0.4) is 0 Å². The lowest BCUT2D eigenvalue weighted by Crippen LogP contribution is -2.02. The molecule has 0 fully saturated rings. The highest BCUT2D eigenvalue weighted by Gasteiger charge is 2.09. The molecule has 2 aromatic carbocycles. The average molecular weight is 337 g/mol. The van der Waals surface area contributed by atoms with Crippen molar-refractivity contribution in [1.29, 1.82) is 0 Å². The minimum atomic E-state index is 1.09. The maximum absolute atomic E-state index is 2.37. The number of rotatable bonds is 12. The monoisotopic (exact) mass is 336 g/mol. The van der Waals surface area contributed by atoms with Gasteiger partial charge in [0.2, 0.25) is 0 Å². The molecule has 2 rings (SSSR count). The minimum absolute atomic E-state index is 1.09. The molecule has 0 amide bonds. The van der Waals surface area contributed by atoms with E-state index in [4.69, 9.17) is 0 Å². The van der Waals surface area contributed by atoms with Crippen LogP contribution in [0.1, 0.15) is 87.5 Å². The number of hydrogen-bond donors (Lipinski definition) is 0. The molecular formula is C25H36. The van der Waals surface area contributed by atoms with E-state index in [1.54, 1.807) is 16.7 Å². The molecule has 0 aliphatic heterocycles. The summed E-state index contributed by atoms with van der Waals surface area (Å²) in [7, 11) is 0. The van der Waals surface area contributed by atoms with Crippen LogP contribution in [0.4, 0.5) is 0 Å². The summed E-state index contributed by atoms with van der Waals surface area (Å²) in [6.07, 6.45) is 14.3. The molecule has 136 valence electrons. The van der Waals surface area contributed by atoms with E-state index in [2.05, 4.69) is 62.4 Å². The molecule has 0 heterocycles. The van der Waals surface area contributed by atoms with Crippen LogP contribution in [0.2, 0.25) is 0 Å². The topological polar surface area (TPSA) is 0 Å². The number of hydrogen-bond acceptors (Lipinski definition) is 0. The van der Waals surface area contributed by atoms with Crippen LogP contribution in [-0.4, -0.2) is 0 Å². The summed E-state index contributed by atoms with van der Waals surface area (Å²) in [6, 6.07) is 18.0. The molecule has 0 aliphatic rings. The van der Waals surface area contributed by atoms with Crippen LogP contribution in [0.25, 0.3) is 0 Å². The van der Waals surface area contributed by atoms with Crippen LogP contribution in [-0.2, 0) is 19.3 Å². The van der Waals surface area contributed by atoms with Gasteiger partial charge in [0.15, 0.2) is 0 Å². The van der Waals surface area contributed by atoms with Gasteiger partial charge < -0.3 is 0 Å². The smallest absolute Gasteiger partial charge is 0.00203 e. The van der Waals surface area contributed by atoms with Gasteiger partial charge in [0.05, 0.1) is 0 Å². The van der Waals surface area contributed by atoms with Crippen molar-refractivity contribution in [2.75, 3.05) is 0 Å². The van der Waals surface area contributed by atoms with Gasteiger partial charge in [0.25, 0.3) is 0 Å². The van der Waals surface area contributed by atoms with Crippen molar-refractivity contribution < 1.29 is 0 Å². The summed E-state index contributed by atoms with van der Waals surface area (Å²) in [5, 5.41) is 0. The molecular weight excluding hydrogens is 300 g/mol. The Hall–Kier alpha value is -1.56. The first-order valence-corrected chi connectivity index (χ1v) is 10.5. The lowest BCUT2D eigenvalue weighted by molar-refractivity contribution is 0.657. The van der Waals surface area contributed by atoms with E-state index in [1.165, 1.54) is 69.8 Å². The minimum Gasteiger partial charge on any atom is -0.0654 e. The van der Waals surface area contributed by atoms with Gasteiger partial charge in [-0.25, -0.2) is 0 Å². The van der Waals surface area contributed by atoms with Crippen molar-refractivity contribution in [2.45, 2.75) is 84.5 Å². The third-order valence-electron chi connectivity index (χ3n) is 5.19. The van der Waals surface area contributed by atoms with Crippen LogP contribution in [0.15, 0.2) is 48.5 Å². The molecule has 0 saturated carbocycles. The summed E-state index contributed by atoms with van der Waals surface area (Å²) in [5.41, 5.74) is 6.24. The lowest BCUT2D eigenvalue weighted by Gasteiger charge is -2.16. The van der Waals surface area contributed by atoms with Gasteiger partial charge in [-0.3, -0.25) is 0 Å². The first-order valence-electron chi connectivity index (χ1n) is 10.5. The normalized spacial score (nSPS) is 11.0. The van der Waals surface area contributed by atoms with E-state index in [1.807, 2.05) is 0 Å². The average Bonchev–Trinajstić information content (AvgIpc) is 2.65. The molecule has 0 nitrogen and oxygen atoms in total. The molecule has 0 aromatic heterocycles. The highest BCUT2D eigenvalue weighted by molar-refractivity contribution is 5.39. The van der Waals surface area contributed by atoms with Gasteiger partial charge in [0.1, 0.15) is 0 Å². The summed E-state index contributed by atoms with van der Waals surface area (Å²) < 4.78 is 0. The van der Waals surface area contributed by atoms with E-state index in [0.29, 0.717) is 0 Å². The fourth-order valence-corrected chi connectivity index (χ4v) is 3.67. The molecule has 0 aliphatic carbocycles. The third kappa shape index (κ3) is 7.06. The third-order valence-corrected chi connectivity index (χ3v) is 5.19. The Morgan fingerprint density at radius 1 is 0.560 bits per heavy atom. The summed E-state index contributed by atoms with van der Waals surface area (Å²) in [6.45, 7) is 4.58. The Kier molecular flexibility index (Phi) is 9.41. The predicted molar refractivity (Wildman–Crippen MR) is 111 cm³/mol. The summed E-state index contributed by atoms with van der Waals surface area (Å²) in [4.78, 5) is 0. The second-order valence-electron chi connectivity index (χ2n) is 7.34. The highest BCUT2D eigenvalue weighted by atomic mass is 14.1. The Morgan fingerprint density at radius 3 is 1.64 bits per heavy atom. The van der Waals surface area contributed by atoms with Crippen LogP contribution < -0.4 is 0 Å². The van der Waals surface area contributed by atoms with E-state index in [0.717, 1.165) is 6.42 Å². The van der Waals surface area contributed by atoms with Gasteiger partial charge in [0, 0.05) is 0 Å². The second kappa shape index (κ2) is 11.9. The number of benzene rings is 2. The zero-order chi connectivity index (χ0) is 17.7. The number of unbranched alkanes of at least 4 members (excludes halogenated alkanes) is 6. The summed E-state index contributed by atoms with van der Waals surface area (Å²) in [5.74, 6) is 0. The second-order valence-corrected chi connectivity index (χ2v) is 7.34. The fraction of sp³-hybridized carbons (Fsp3) is 0.520. The van der Waals surface area contributed by atoms with Gasteiger partial charge in [-0.1, -0.05) is 101 Å². The number of aryl methyl sites for hydroxylation is 2. The SMILES string of the molecule is CCCCCCc1cccc(CCCCCC)c1Cc1ccccc1. The van der Waals surface area contributed by atoms with E-state index in [9.17, 15) is 0 Å². The van der Waals surface area contributed by atoms with Crippen molar-refractivity contribution in [2.24, 2.45) is 0 Å². The summed E-state index contributed by atoms with van der Waals surface area (Å²) >= 11 is 0. The van der Waals surface area contributed by atoms with Crippen LogP contribution >= 0.6 is 0 Å². The van der Waals surface area contributed by atoms with Crippen molar-refractivity contribution in [3.8, 4) is 0 Å². The van der Waals surface area contributed by atoms with Gasteiger partial charge in [-0.05, 0) is 54.4 Å². The van der Waals surface area contributed by atoms with Crippen LogP contribution in [0, 0.1) is 0 Å². The van der Waals surface area contributed by atoms with E-state index in [-0.39, 0.29) is 0 Å². The van der Waals surface area contributed by atoms with Crippen molar-refractivity contribution >= 4 is 0 Å². The van der Waals surface area contributed by atoms with E-state index < -0.39 is 0 Å². The van der Waals surface area contributed by atoms with Crippen LogP contribution in [0.5, 0.6) is 0 Å². The lowest BCUT2D eigenvalue weighted by atomic mass is 9.89. The quantitative estimate of drug-likeness (QED) is 0.351. The Morgan fingerprint density at radius 2 is 1.12 bits per heavy atom. The van der Waals surface area contributed by atoms with Crippen molar-refractivity contribution in [3.05, 3.63) is 70.8 Å². The molecule has 0 N–H and O–H groups in total. The standard InChI is InChI=1S/C25H36/c1-3-5-7-12-17-23-19-14-20-24(18-13-8-6-4-2)25(23)21-22-15-10-9-11-16-22/h9-11,14-16,19-20H,3-8,12-13,17-18,21H2,1-2H3. The molecule has 0 atom stereocenters. The molecule has 0 saturated heterocycles. The van der Waals surface area contributed by atoms with Gasteiger partial charge >= 0.3 is 0 Å². The molecule has 0 heteroatoms. The Bertz CT molecular complexity index is 552. The molecule has 0 radical (unpaired) electrons. The maximum atomic E-state index is 2.37. The van der Waals surface area contributed by atoms with Gasteiger partial charge in [-0.15, -0.1) is 0 Å². The van der Waals surface area contributed by atoms with Crippen molar-refractivity contribution in [3.63, 3.8) is 0 Å². The fourth-order valence-electron chi connectivity index (χ4n) is 3.67. The predicted octanol–water partition coefficient (Wildman–Crippen LogP) is 7.52. The largest absolute Gasteiger partial charge is 0.0654 e. The maximum Gasteiger partial charge on any atom is -0.00203 e.